The number of carbonyl (C=O) groups is 1. The summed E-state index contributed by atoms with van der Waals surface area (Å²) in [6.45, 7) is 2.10. The highest BCUT2D eigenvalue weighted by atomic mass is 16.4. The zero-order valence-corrected chi connectivity index (χ0v) is 13.5. The minimum absolute atomic E-state index is 0.0735. The number of pyridine rings is 1. The van der Waals surface area contributed by atoms with Crippen molar-refractivity contribution in [2.45, 2.75) is 25.9 Å². The number of fused-ring (bicyclic) bond motifs is 3. The van der Waals surface area contributed by atoms with Crippen LogP contribution in [0.1, 0.15) is 18.5 Å². The van der Waals surface area contributed by atoms with Gasteiger partial charge >= 0.3 is 5.97 Å². The van der Waals surface area contributed by atoms with Crippen molar-refractivity contribution in [3.05, 3.63) is 42.2 Å². The van der Waals surface area contributed by atoms with Gasteiger partial charge in [-0.2, -0.15) is 0 Å². The lowest BCUT2D eigenvalue weighted by Crippen LogP contribution is -2.18. The monoisotopic (exact) mass is 326 g/mol. The maximum absolute atomic E-state index is 11.3. The molecule has 1 aromatic carbocycles. The van der Waals surface area contributed by atoms with Gasteiger partial charge in [0.15, 0.2) is 0 Å². The van der Waals surface area contributed by atoms with E-state index in [0.717, 1.165) is 46.9 Å². The van der Waals surface area contributed by atoms with Crippen molar-refractivity contribution in [2.24, 2.45) is 5.73 Å². The molecule has 0 spiro atoms. The fourth-order valence-electron chi connectivity index (χ4n) is 3.10. The number of nitrogens with two attached hydrogens (primary N) is 1. The van der Waals surface area contributed by atoms with E-state index in [2.05, 4.69) is 10.3 Å². The van der Waals surface area contributed by atoms with Crippen molar-refractivity contribution in [1.29, 1.82) is 0 Å². The number of nitrogens with one attached hydrogen (secondary N) is 1. The number of unbranched alkanes of at least 4 members (excludes halogenated alkanes) is 1. The lowest BCUT2D eigenvalue weighted by Gasteiger charge is -2.09. The van der Waals surface area contributed by atoms with Gasteiger partial charge in [-0.25, -0.2) is 0 Å². The molecule has 24 heavy (non-hydrogen) atoms. The minimum atomic E-state index is -0.858. The first-order valence-electron chi connectivity index (χ1n) is 8.19. The molecule has 0 atom stereocenters. The average molecular weight is 326 g/mol. The number of benzene rings is 1. The Morgan fingerprint density at radius 1 is 1.21 bits per heavy atom. The van der Waals surface area contributed by atoms with Gasteiger partial charge in [-0.3, -0.25) is 9.78 Å². The third kappa shape index (κ3) is 3.25. The lowest BCUT2D eigenvalue weighted by atomic mass is 10.1. The summed E-state index contributed by atoms with van der Waals surface area (Å²) in [6.07, 6.45) is 3.80. The first-order valence-corrected chi connectivity index (χ1v) is 8.19. The van der Waals surface area contributed by atoms with Crippen LogP contribution in [-0.2, 0) is 17.9 Å². The molecule has 6 heteroatoms. The molecule has 0 saturated heterocycles. The molecule has 0 amide bonds. The molecule has 3 aromatic rings. The van der Waals surface area contributed by atoms with Crippen molar-refractivity contribution < 1.29 is 9.90 Å². The summed E-state index contributed by atoms with van der Waals surface area (Å²) in [5, 5.41) is 14.8. The lowest BCUT2D eigenvalue weighted by molar-refractivity contribution is -0.137. The predicted molar refractivity (Wildman–Crippen MR) is 94.9 cm³/mol. The Morgan fingerprint density at radius 3 is 2.83 bits per heavy atom. The maximum Gasteiger partial charge on any atom is 0.323 e. The highest BCUT2D eigenvalue weighted by molar-refractivity contribution is 6.09. The molecule has 0 aliphatic heterocycles. The van der Waals surface area contributed by atoms with Gasteiger partial charge in [0.05, 0.1) is 11.2 Å². The number of carboxylic acid groups (broad SMARTS) is 1. The van der Waals surface area contributed by atoms with E-state index in [1.807, 2.05) is 34.9 Å². The zero-order valence-electron chi connectivity index (χ0n) is 13.5. The number of carboxylic acids is 1. The van der Waals surface area contributed by atoms with E-state index in [4.69, 9.17) is 5.73 Å². The van der Waals surface area contributed by atoms with Crippen molar-refractivity contribution in [3.8, 4) is 0 Å². The molecule has 2 aromatic heterocycles. The quantitative estimate of drug-likeness (QED) is 0.551. The van der Waals surface area contributed by atoms with Crippen LogP contribution in [0.15, 0.2) is 36.5 Å². The number of hydrogen-bond donors (Lipinski definition) is 3. The SMILES string of the molecule is NCCCCNCc1nccc2c3ccccc3n(CC(=O)O)c12. The molecule has 6 nitrogen and oxygen atoms in total. The Bertz CT molecular complexity index is 857. The van der Waals surface area contributed by atoms with Gasteiger partial charge in [0.1, 0.15) is 6.54 Å². The first-order chi connectivity index (χ1) is 11.7. The Kier molecular flexibility index (Phi) is 5.08. The van der Waals surface area contributed by atoms with Gasteiger partial charge in [0.2, 0.25) is 0 Å². The molecule has 0 unspecified atom stereocenters. The van der Waals surface area contributed by atoms with E-state index in [1.54, 1.807) is 6.20 Å². The Hall–Kier alpha value is -2.44. The largest absolute Gasteiger partial charge is 0.480 e. The second-order valence-corrected chi connectivity index (χ2v) is 5.82. The third-order valence-corrected chi connectivity index (χ3v) is 4.15. The number of para-hydroxylation sites is 1. The smallest absolute Gasteiger partial charge is 0.323 e. The summed E-state index contributed by atoms with van der Waals surface area (Å²) >= 11 is 0. The summed E-state index contributed by atoms with van der Waals surface area (Å²) in [7, 11) is 0. The first kappa shape index (κ1) is 16.4. The van der Waals surface area contributed by atoms with Gasteiger partial charge in [0, 0.05) is 29.0 Å². The molecule has 0 saturated carbocycles. The normalized spacial score (nSPS) is 11.4. The fraction of sp³-hybridized carbons (Fsp3) is 0.333. The summed E-state index contributed by atoms with van der Waals surface area (Å²) < 4.78 is 1.84. The molecular formula is C18H22N4O2. The van der Waals surface area contributed by atoms with E-state index in [9.17, 15) is 9.90 Å². The van der Waals surface area contributed by atoms with Crippen LogP contribution >= 0.6 is 0 Å². The highest BCUT2D eigenvalue weighted by Crippen LogP contribution is 2.30. The fourth-order valence-corrected chi connectivity index (χ4v) is 3.10. The Labute approximate surface area is 140 Å². The highest BCUT2D eigenvalue weighted by Gasteiger charge is 2.16. The van der Waals surface area contributed by atoms with Crippen LogP contribution in [0.3, 0.4) is 0 Å². The topological polar surface area (TPSA) is 93.2 Å². The minimum Gasteiger partial charge on any atom is -0.480 e. The molecule has 2 heterocycles. The molecule has 126 valence electrons. The third-order valence-electron chi connectivity index (χ3n) is 4.15. The maximum atomic E-state index is 11.3. The van der Waals surface area contributed by atoms with E-state index in [-0.39, 0.29) is 6.54 Å². The van der Waals surface area contributed by atoms with Gasteiger partial charge in [-0.1, -0.05) is 18.2 Å². The Balaban J connectivity index is 2.01. The second kappa shape index (κ2) is 7.42. The summed E-state index contributed by atoms with van der Waals surface area (Å²) in [4.78, 5) is 15.8. The van der Waals surface area contributed by atoms with E-state index >= 15 is 0 Å². The Morgan fingerprint density at radius 2 is 2.04 bits per heavy atom. The average Bonchev–Trinajstić information content (AvgIpc) is 2.89. The summed E-state index contributed by atoms with van der Waals surface area (Å²) in [6, 6.07) is 9.83. The number of aliphatic carboxylic acids is 1. The van der Waals surface area contributed by atoms with Crippen LogP contribution in [0.25, 0.3) is 21.8 Å². The van der Waals surface area contributed by atoms with Gasteiger partial charge in [0.25, 0.3) is 0 Å². The van der Waals surface area contributed by atoms with Gasteiger partial charge in [-0.15, -0.1) is 0 Å². The molecule has 0 fully saturated rings. The van der Waals surface area contributed by atoms with E-state index in [0.29, 0.717) is 13.1 Å². The molecule has 0 bridgehead atoms. The molecule has 0 aliphatic carbocycles. The van der Waals surface area contributed by atoms with Crippen molar-refractivity contribution >= 4 is 27.8 Å². The van der Waals surface area contributed by atoms with Crippen LogP contribution < -0.4 is 11.1 Å². The number of aromatic nitrogens is 2. The molecule has 4 N–H and O–H groups in total. The van der Waals surface area contributed by atoms with Crippen molar-refractivity contribution in [2.75, 3.05) is 13.1 Å². The standard InChI is InChI=1S/C18H22N4O2/c19-8-3-4-9-20-11-15-18-14(7-10-21-15)13-5-1-2-6-16(13)22(18)12-17(23)24/h1-2,5-7,10,20H,3-4,8-9,11-12,19H2,(H,23,24). The summed E-state index contributed by atoms with van der Waals surface area (Å²) in [5.41, 5.74) is 8.20. The molecule has 0 aliphatic rings. The van der Waals surface area contributed by atoms with Crippen LogP contribution in [0.4, 0.5) is 0 Å². The molecular weight excluding hydrogens is 304 g/mol. The van der Waals surface area contributed by atoms with Crippen LogP contribution in [0.2, 0.25) is 0 Å². The second-order valence-electron chi connectivity index (χ2n) is 5.82. The number of hydrogen-bond acceptors (Lipinski definition) is 4. The van der Waals surface area contributed by atoms with Crippen molar-refractivity contribution in [1.82, 2.24) is 14.9 Å². The van der Waals surface area contributed by atoms with E-state index < -0.39 is 5.97 Å². The van der Waals surface area contributed by atoms with Crippen LogP contribution in [0, 0.1) is 0 Å². The van der Waals surface area contributed by atoms with E-state index in [1.165, 1.54) is 0 Å². The summed E-state index contributed by atoms with van der Waals surface area (Å²) in [5.74, 6) is -0.858. The van der Waals surface area contributed by atoms with Crippen LogP contribution in [0.5, 0.6) is 0 Å². The van der Waals surface area contributed by atoms with Gasteiger partial charge in [-0.05, 0) is 38.1 Å². The number of rotatable bonds is 8. The van der Waals surface area contributed by atoms with Crippen LogP contribution in [-0.4, -0.2) is 33.7 Å². The number of nitrogens with zero attached hydrogens (tertiary/aromatic N) is 2. The predicted octanol–water partition coefficient (Wildman–Crippen LogP) is 2.10. The molecule has 3 rings (SSSR count). The van der Waals surface area contributed by atoms with Gasteiger partial charge < -0.3 is 20.7 Å². The zero-order chi connectivity index (χ0) is 16.9. The van der Waals surface area contributed by atoms with Crippen molar-refractivity contribution in [3.63, 3.8) is 0 Å². The molecule has 0 radical (unpaired) electrons.